The minimum atomic E-state index is 0.644. The first-order valence-corrected chi connectivity index (χ1v) is 6.57. The molecule has 0 amide bonds. The van der Waals surface area contributed by atoms with E-state index >= 15 is 0 Å². The molecule has 0 fully saturated rings. The fourth-order valence-electron chi connectivity index (χ4n) is 2.28. The van der Waals surface area contributed by atoms with Gasteiger partial charge in [0, 0.05) is 19.5 Å². The van der Waals surface area contributed by atoms with Crippen LogP contribution in [-0.4, -0.2) is 32.1 Å². The van der Waals surface area contributed by atoms with Crippen LogP contribution in [0.25, 0.3) is 0 Å². The number of fused-ring (bicyclic) bond motifs is 1. The van der Waals surface area contributed by atoms with Crippen LogP contribution in [0.4, 0.5) is 0 Å². The SMILES string of the molecule is c1cc2c(cc1CCNC1=NCCC1)OCCO2. The van der Waals surface area contributed by atoms with Crippen LogP contribution in [0.2, 0.25) is 0 Å². The van der Waals surface area contributed by atoms with Crippen molar-refractivity contribution < 1.29 is 9.47 Å². The molecule has 4 nitrogen and oxygen atoms in total. The van der Waals surface area contributed by atoms with Gasteiger partial charge in [0.1, 0.15) is 13.2 Å². The third kappa shape index (κ3) is 2.58. The molecule has 1 aromatic carbocycles. The summed E-state index contributed by atoms with van der Waals surface area (Å²) in [5.41, 5.74) is 1.27. The van der Waals surface area contributed by atoms with E-state index in [4.69, 9.17) is 9.47 Å². The van der Waals surface area contributed by atoms with Gasteiger partial charge in [-0.05, 0) is 30.5 Å². The van der Waals surface area contributed by atoms with E-state index in [1.807, 2.05) is 6.07 Å². The minimum absolute atomic E-state index is 0.644. The largest absolute Gasteiger partial charge is 0.486 e. The fourth-order valence-corrected chi connectivity index (χ4v) is 2.28. The summed E-state index contributed by atoms with van der Waals surface area (Å²) in [4.78, 5) is 4.40. The van der Waals surface area contributed by atoms with Crippen molar-refractivity contribution in [1.82, 2.24) is 5.32 Å². The third-order valence-electron chi connectivity index (χ3n) is 3.22. The zero-order valence-corrected chi connectivity index (χ0v) is 10.4. The van der Waals surface area contributed by atoms with Crippen molar-refractivity contribution in [3.63, 3.8) is 0 Å². The van der Waals surface area contributed by atoms with Crippen LogP contribution in [0.3, 0.4) is 0 Å². The van der Waals surface area contributed by atoms with Crippen molar-refractivity contribution in [2.24, 2.45) is 4.99 Å². The zero-order valence-electron chi connectivity index (χ0n) is 10.4. The van der Waals surface area contributed by atoms with Gasteiger partial charge < -0.3 is 14.8 Å². The molecule has 0 aliphatic carbocycles. The second-order valence-corrected chi connectivity index (χ2v) is 4.59. The van der Waals surface area contributed by atoms with Crippen molar-refractivity contribution in [3.8, 4) is 11.5 Å². The topological polar surface area (TPSA) is 42.9 Å². The Morgan fingerprint density at radius 1 is 1.17 bits per heavy atom. The summed E-state index contributed by atoms with van der Waals surface area (Å²) in [6, 6.07) is 6.18. The molecule has 18 heavy (non-hydrogen) atoms. The molecule has 0 unspecified atom stereocenters. The summed E-state index contributed by atoms with van der Waals surface area (Å²) in [5.74, 6) is 2.89. The average molecular weight is 246 g/mol. The molecule has 0 saturated heterocycles. The summed E-state index contributed by atoms with van der Waals surface area (Å²) in [7, 11) is 0. The first-order valence-electron chi connectivity index (χ1n) is 6.57. The second kappa shape index (κ2) is 5.29. The Morgan fingerprint density at radius 3 is 2.89 bits per heavy atom. The van der Waals surface area contributed by atoms with Crippen LogP contribution in [0.5, 0.6) is 11.5 Å². The number of ether oxygens (including phenoxy) is 2. The highest BCUT2D eigenvalue weighted by atomic mass is 16.6. The van der Waals surface area contributed by atoms with E-state index in [9.17, 15) is 0 Å². The Labute approximate surface area is 107 Å². The monoisotopic (exact) mass is 246 g/mol. The molecule has 0 spiro atoms. The van der Waals surface area contributed by atoms with E-state index < -0.39 is 0 Å². The molecular formula is C14H18N2O2. The molecule has 1 N–H and O–H groups in total. The van der Waals surface area contributed by atoms with Gasteiger partial charge in [-0.1, -0.05) is 6.07 Å². The Kier molecular flexibility index (Phi) is 3.35. The zero-order chi connectivity index (χ0) is 12.2. The summed E-state index contributed by atoms with van der Waals surface area (Å²) in [6.45, 7) is 3.20. The number of nitrogens with zero attached hydrogens (tertiary/aromatic N) is 1. The van der Waals surface area contributed by atoms with E-state index in [1.54, 1.807) is 0 Å². The van der Waals surface area contributed by atoms with Gasteiger partial charge in [-0.25, -0.2) is 0 Å². The smallest absolute Gasteiger partial charge is 0.161 e. The first-order chi connectivity index (χ1) is 8.92. The van der Waals surface area contributed by atoms with Gasteiger partial charge in [0.2, 0.25) is 0 Å². The van der Waals surface area contributed by atoms with E-state index in [2.05, 4.69) is 22.4 Å². The Balaban J connectivity index is 1.56. The molecule has 0 bridgehead atoms. The lowest BCUT2D eigenvalue weighted by molar-refractivity contribution is 0.171. The maximum absolute atomic E-state index is 5.57. The van der Waals surface area contributed by atoms with Crippen LogP contribution < -0.4 is 14.8 Å². The van der Waals surface area contributed by atoms with Crippen molar-refractivity contribution in [3.05, 3.63) is 23.8 Å². The highest BCUT2D eigenvalue weighted by molar-refractivity contribution is 5.83. The van der Waals surface area contributed by atoms with E-state index in [1.165, 1.54) is 12.0 Å². The summed E-state index contributed by atoms with van der Waals surface area (Å²) >= 11 is 0. The Morgan fingerprint density at radius 2 is 2.06 bits per heavy atom. The fraction of sp³-hybridized carbons (Fsp3) is 0.500. The number of hydrogen-bond donors (Lipinski definition) is 1. The highest BCUT2D eigenvalue weighted by Crippen LogP contribution is 2.30. The molecule has 96 valence electrons. The molecule has 1 aromatic rings. The standard InChI is InChI=1S/C14H18N2O2/c1-2-14(15-6-1)16-7-5-11-3-4-12-13(10-11)18-9-8-17-12/h3-4,10H,1-2,5-9H2,(H,15,16). The van der Waals surface area contributed by atoms with E-state index in [0.29, 0.717) is 13.2 Å². The predicted octanol–water partition coefficient (Wildman–Crippen LogP) is 1.78. The van der Waals surface area contributed by atoms with Gasteiger partial charge in [0.15, 0.2) is 11.5 Å². The number of nitrogens with one attached hydrogen (secondary N) is 1. The van der Waals surface area contributed by atoms with E-state index in [-0.39, 0.29) is 0 Å². The summed E-state index contributed by atoms with van der Waals surface area (Å²) < 4.78 is 11.1. The maximum Gasteiger partial charge on any atom is 0.161 e. The molecule has 2 heterocycles. The highest BCUT2D eigenvalue weighted by Gasteiger charge is 2.11. The van der Waals surface area contributed by atoms with Crippen molar-refractivity contribution in [1.29, 1.82) is 0 Å². The van der Waals surface area contributed by atoms with Crippen LogP contribution in [-0.2, 0) is 6.42 Å². The second-order valence-electron chi connectivity index (χ2n) is 4.59. The van der Waals surface area contributed by atoms with Gasteiger partial charge in [-0.2, -0.15) is 0 Å². The van der Waals surface area contributed by atoms with Crippen molar-refractivity contribution >= 4 is 5.84 Å². The molecule has 0 atom stereocenters. The Bertz CT molecular complexity index is 457. The van der Waals surface area contributed by atoms with Gasteiger partial charge in [-0.15, -0.1) is 0 Å². The molecule has 0 aromatic heterocycles. The summed E-state index contributed by atoms with van der Waals surface area (Å²) in [6.07, 6.45) is 3.27. The molecule has 2 aliphatic rings. The lowest BCUT2D eigenvalue weighted by Gasteiger charge is -2.18. The average Bonchev–Trinajstić information content (AvgIpc) is 2.92. The number of rotatable bonds is 3. The molecule has 4 heteroatoms. The molecular weight excluding hydrogens is 228 g/mol. The lowest BCUT2D eigenvalue weighted by Crippen LogP contribution is -2.24. The van der Waals surface area contributed by atoms with Crippen molar-refractivity contribution in [2.45, 2.75) is 19.3 Å². The van der Waals surface area contributed by atoms with Crippen LogP contribution in [0.1, 0.15) is 18.4 Å². The normalized spacial score (nSPS) is 17.4. The molecule has 2 aliphatic heterocycles. The lowest BCUT2D eigenvalue weighted by atomic mass is 10.1. The minimum Gasteiger partial charge on any atom is -0.486 e. The number of hydrogen-bond acceptors (Lipinski definition) is 4. The van der Waals surface area contributed by atoms with Crippen LogP contribution in [0, 0.1) is 0 Å². The number of aliphatic imine (C=N–C) groups is 1. The predicted molar refractivity (Wildman–Crippen MR) is 70.7 cm³/mol. The maximum atomic E-state index is 5.57. The van der Waals surface area contributed by atoms with Crippen molar-refractivity contribution in [2.75, 3.05) is 26.3 Å². The molecule has 0 saturated carbocycles. The molecule has 3 rings (SSSR count). The quantitative estimate of drug-likeness (QED) is 0.884. The first kappa shape index (κ1) is 11.4. The van der Waals surface area contributed by atoms with Gasteiger partial charge in [0.25, 0.3) is 0 Å². The Hall–Kier alpha value is -1.71. The van der Waals surface area contributed by atoms with Gasteiger partial charge in [-0.3, -0.25) is 4.99 Å². The van der Waals surface area contributed by atoms with Gasteiger partial charge in [0.05, 0.1) is 5.84 Å². The van der Waals surface area contributed by atoms with E-state index in [0.717, 1.165) is 43.3 Å². The number of benzene rings is 1. The third-order valence-corrected chi connectivity index (χ3v) is 3.22. The molecule has 0 radical (unpaired) electrons. The number of amidine groups is 1. The summed E-state index contributed by atoms with van der Waals surface area (Å²) in [5, 5.41) is 3.39. The van der Waals surface area contributed by atoms with Gasteiger partial charge >= 0.3 is 0 Å². The van der Waals surface area contributed by atoms with Crippen LogP contribution >= 0.6 is 0 Å². The van der Waals surface area contributed by atoms with Crippen LogP contribution in [0.15, 0.2) is 23.2 Å².